The first-order valence-corrected chi connectivity index (χ1v) is 4.58. The molecule has 0 aliphatic carbocycles. The maximum absolute atomic E-state index is 13.4. The lowest BCUT2D eigenvalue weighted by atomic mass is 10.1. The number of carbonyl (C=O) groups is 1. The molecule has 80 valence electrons. The summed E-state index contributed by atoms with van der Waals surface area (Å²) in [5.74, 6) is -0.549. The van der Waals surface area contributed by atoms with Gasteiger partial charge in [-0.05, 0) is 37.6 Å². The van der Waals surface area contributed by atoms with Crippen LogP contribution in [-0.2, 0) is 0 Å². The van der Waals surface area contributed by atoms with Crippen molar-refractivity contribution in [1.82, 2.24) is 0 Å². The maximum Gasteiger partial charge on any atom is 0.165 e. The normalized spacial score (nSPS) is 9.80. The minimum Gasteiger partial charge on any atom is -0.486 e. The van der Waals surface area contributed by atoms with Crippen molar-refractivity contribution in [2.75, 3.05) is 6.61 Å². The standard InChI is InChI=1S/C12H13FO2/c1-8(2)7-15-12-5-4-10(9(3)14)6-11(12)13/h4-6H,1,7H2,2-3H3. The summed E-state index contributed by atoms with van der Waals surface area (Å²) in [6.45, 7) is 7.10. The van der Waals surface area contributed by atoms with E-state index in [1.165, 1.54) is 19.1 Å². The topological polar surface area (TPSA) is 26.3 Å². The number of hydrogen-bond donors (Lipinski definition) is 0. The Bertz CT molecular complexity index is 397. The fourth-order valence-corrected chi connectivity index (χ4v) is 1.04. The third-order valence-corrected chi connectivity index (χ3v) is 1.81. The molecule has 0 aromatic heterocycles. The van der Waals surface area contributed by atoms with Crippen molar-refractivity contribution in [3.05, 3.63) is 41.7 Å². The van der Waals surface area contributed by atoms with E-state index in [1.54, 1.807) is 13.0 Å². The van der Waals surface area contributed by atoms with Crippen LogP contribution in [-0.4, -0.2) is 12.4 Å². The van der Waals surface area contributed by atoms with Crippen LogP contribution in [0.25, 0.3) is 0 Å². The SMILES string of the molecule is C=C(C)COc1ccc(C(C)=O)cc1F. The Balaban J connectivity index is 2.83. The van der Waals surface area contributed by atoms with Gasteiger partial charge in [0, 0.05) is 5.56 Å². The van der Waals surface area contributed by atoms with Gasteiger partial charge in [-0.3, -0.25) is 4.79 Å². The Morgan fingerprint density at radius 1 is 1.47 bits per heavy atom. The van der Waals surface area contributed by atoms with Crippen LogP contribution in [0.5, 0.6) is 5.75 Å². The molecular weight excluding hydrogens is 195 g/mol. The van der Waals surface area contributed by atoms with Gasteiger partial charge in [-0.15, -0.1) is 0 Å². The summed E-state index contributed by atoms with van der Waals surface area (Å²) in [4.78, 5) is 11.0. The average Bonchev–Trinajstić information content (AvgIpc) is 2.15. The first-order valence-electron chi connectivity index (χ1n) is 4.58. The van der Waals surface area contributed by atoms with Gasteiger partial charge >= 0.3 is 0 Å². The van der Waals surface area contributed by atoms with Crippen LogP contribution >= 0.6 is 0 Å². The van der Waals surface area contributed by atoms with Crippen LogP contribution in [0.3, 0.4) is 0 Å². The zero-order valence-corrected chi connectivity index (χ0v) is 8.84. The third-order valence-electron chi connectivity index (χ3n) is 1.81. The lowest BCUT2D eigenvalue weighted by molar-refractivity contribution is 0.101. The molecule has 0 N–H and O–H groups in total. The highest BCUT2D eigenvalue weighted by molar-refractivity contribution is 5.94. The first kappa shape index (κ1) is 11.4. The second-order valence-corrected chi connectivity index (χ2v) is 3.45. The largest absolute Gasteiger partial charge is 0.486 e. The number of carbonyl (C=O) groups excluding carboxylic acids is 1. The molecule has 15 heavy (non-hydrogen) atoms. The monoisotopic (exact) mass is 208 g/mol. The molecule has 0 bridgehead atoms. The van der Waals surface area contributed by atoms with Crippen LogP contribution in [0.15, 0.2) is 30.4 Å². The quantitative estimate of drug-likeness (QED) is 0.561. The molecule has 2 nitrogen and oxygen atoms in total. The number of benzene rings is 1. The molecule has 0 heterocycles. The zero-order valence-electron chi connectivity index (χ0n) is 8.84. The van der Waals surface area contributed by atoms with Crippen molar-refractivity contribution in [2.45, 2.75) is 13.8 Å². The van der Waals surface area contributed by atoms with Gasteiger partial charge in [0.05, 0.1) is 0 Å². The summed E-state index contributed by atoms with van der Waals surface area (Å²) in [5, 5.41) is 0. The first-order chi connectivity index (χ1) is 7.00. The smallest absolute Gasteiger partial charge is 0.165 e. The third kappa shape index (κ3) is 3.20. The summed E-state index contributed by atoms with van der Waals surface area (Å²) in [6.07, 6.45) is 0. The van der Waals surface area contributed by atoms with Gasteiger partial charge in [0.1, 0.15) is 6.61 Å². The molecule has 1 aromatic carbocycles. The number of ether oxygens (including phenoxy) is 1. The lowest BCUT2D eigenvalue weighted by Gasteiger charge is -2.07. The van der Waals surface area contributed by atoms with Crippen molar-refractivity contribution in [2.24, 2.45) is 0 Å². The lowest BCUT2D eigenvalue weighted by Crippen LogP contribution is -2.01. The Morgan fingerprint density at radius 3 is 2.60 bits per heavy atom. The van der Waals surface area contributed by atoms with E-state index in [1.807, 2.05) is 0 Å². The summed E-state index contributed by atoms with van der Waals surface area (Å²) < 4.78 is 18.5. The highest BCUT2D eigenvalue weighted by Gasteiger charge is 2.07. The van der Waals surface area contributed by atoms with Crippen molar-refractivity contribution in [1.29, 1.82) is 0 Å². The van der Waals surface area contributed by atoms with E-state index in [0.717, 1.165) is 5.57 Å². The van der Waals surface area contributed by atoms with Crippen molar-refractivity contribution >= 4 is 5.78 Å². The van der Waals surface area contributed by atoms with Gasteiger partial charge in [-0.2, -0.15) is 0 Å². The van der Waals surface area contributed by atoms with Gasteiger partial charge in [0.25, 0.3) is 0 Å². The van der Waals surface area contributed by atoms with Crippen LogP contribution in [0.4, 0.5) is 4.39 Å². The van der Waals surface area contributed by atoms with E-state index in [9.17, 15) is 9.18 Å². The van der Waals surface area contributed by atoms with Crippen LogP contribution in [0.1, 0.15) is 24.2 Å². The number of rotatable bonds is 4. The molecule has 1 aromatic rings. The number of hydrogen-bond acceptors (Lipinski definition) is 2. The Hall–Kier alpha value is -1.64. The number of ketones is 1. The van der Waals surface area contributed by atoms with Gasteiger partial charge in [0.2, 0.25) is 0 Å². The van der Waals surface area contributed by atoms with Crippen LogP contribution in [0.2, 0.25) is 0 Å². The van der Waals surface area contributed by atoms with E-state index >= 15 is 0 Å². The Morgan fingerprint density at radius 2 is 2.13 bits per heavy atom. The average molecular weight is 208 g/mol. The van der Waals surface area contributed by atoms with Crippen molar-refractivity contribution in [3.63, 3.8) is 0 Å². The zero-order chi connectivity index (χ0) is 11.4. The fraction of sp³-hybridized carbons (Fsp3) is 0.250. The summed E-state index contributed by atoms with van der Waals surface area (Å²) in [6, 6.07) is 4.17. The minimum atomic E-state index is -0.524. The molecule has 3 heteroatoms. The molecule has 0 saturated carbocycles. The van der Waals surface area contributed by atoms with Crippen LogP contribution < -0.4 is 4.74 Å². The van der Waals surface area contributed by atoms with Gasteiger partial charge < -0.3 is 4.74 Å². The van der Waals surface area contributed by atoms with Gasteiger partial charge in [-0.25, -0.2) is 4.39 Å². The van der Waals surface area contributed by atoms with Crippen molar-refractivity contribution in [3.8, 4) is 5.75 Å². The predicted octanol–water partition coefficient (Wildman–Crippen LogP) is 2.98. The number of halogens is 1. The molecule has 0 saturated heterocycles. The van der Waals surface area contributed by atoms with E-state index in [-0.39, 0.29) is 18.1 Å². The second kappa shape index (κ2) is 4.73. The van der Waals surface area contributed by atoms with Gasteiger partial charge in [0.15, 0.2) is 17.3 Å². The second-order valence-electron chi connectivity index (χ2n) is 3.45. The summed E-state index contributed by atoms with van der Waals surface area (Å²) >= 11 is 0. The molecule has 0 radical (unpaired) electrons. The highest BCUT2D eigenvalue weighted by Crippen LogP contribution is 2.19. The molecular formula is C12H13FO2. The predicted molar refractivity (Wildman–Crippen MR) is 56.7 cm³/mol. The summed E-state index contributed by atoms with van der Waals surface area (Å²) in [5.41, 5.74) is 1.15. The molecule has 0 unspecified atom stereocenters. The van der Waals surface area contributed by atoms with Gasteiger partial charge in [-0.1, -0.05) is 6.58 Å². The molecule has 0 aliphatic heterocycles. The molecule has 1 rings (SSSR count). The van der Waals surface area contributed by atoms with E-state index in [4.69, 9.17) is 4.74 Å². The summed E-state index contributed by atoms with van der Waals surface area (Å²) in [7, 11) is 0. The maximum atomic E-state index is 13.4. The molecule has 0 fully saturated rings. The Labute approximate surface area is 88.4 Å². The Kier molecular flexibility index (Phi) is 3.61. The highest BCUT2D eigenvalue weighted by atomic mass is 19.1. The molecule has 0 spiro atoms. The molecule has 0 aliphatic rings. The van der Waals surface area contributed by atoms with E-state index in [0.29, 0.717) is 5.56 Å². The fourth-order valence-electron chi connectivity index (χ4n) is 1.04. The van der Waals surface area contributed by atoms with Crippen molar-refractivity contribution < 1.29 is 13.9 Å². The molecule has 0 atom stereocenters. The van der Waals surface area contributed by atoms with E-state index in [2.05, 4.69) is 6.58 Å². The van der Waals surface area contributed by atoms with Crippen LogP contribution in [0, 0.1) is 5.82 Å². The van der Waals surface area contributed by atoms with E-state index < -0.39 is 5.82 Å². The number of Topliss-reactive ketones (excluding diaryl/α,β-unsaturated/α-hetero) is 1. The minimum absolute atomic E-state index is 0.142. The molecule has 0 amide bonds.